The predicted molar refractivity (Wildman–Crippen MR) is 81.2 cm³/mol. The number of para-hydroxylation sites is 1. The fourth-order valence-electron chi connectivity index (χ4n) is 1.55. The number of nitrogens with one attached hydrogen (secondary N) is 1. The van der Waals surface area contributed by atoms with Crippen LogP contribution in [0.2, 0.25) is 0 Å². The number of hydrogen-bond acceptors (Lipinski definition) is 4. The van der Waals surface area contributed by atoms with Gasteiger partial charge in [0.2, 0.25) is 10.0 Å². The molecule has 19 heavy (non-hydrogen) atoms. The summed E-state index contributed by atoms with van der Waals surface area (Å²) in [5.74, 6) is 0.448. The number of nitrogens with two attached hydrogens (primary N) is 1. The van der Waals surface area contributed by atoms with Gasteiger partial charge in [0.15, 0.2) is 0 Å². The molecule has 0 spiro atoms. The number of benzene rings is 1. The van der Waals surface area contributed by atoms with E-state index in [-0.39, 0.29) is 10.7 Å². The Morgan fingerprint density at radius 2 is 2.16 bits per heavy atom. The van der Waals surface area contributed by atoms with Gasteiger partial charge in [-0.05, 0) is 18.6 Å². The molecule has 0 unspecified atom stereocenters. The topological polar surface area (TPSA) is 81.4 Å². The van der Waals surface area contributed by atoms with E-state index < -0.39 is 10.0 Å². The van der Waals surface area contributed by atoms with Crippen LogP contribution >= 0.6 is 12.2 Å². The van der Waals surface area contributed by atoms with E-state index in [0.29, 0.717) is 23.4 Å². The molecule has 0 aliphatic carbocycles. The fraction of sp³-hybridized carbons (Fsp3) is 0.417. The lowest BCUT2D eigenvalue weighted by Gasteiger charge is -2.15. The van der Waals surface area contributed by atoms with Gasteiger partial charge in [0.25, 0.3) is 0 Å². The second-order valence-corrected chi connectivity index (χ2v) is 6.30. The van der Waals surface area contributed by atoms with Crippen LogP contribution in [0.4, 0.5) is 5.69 Å². The molecule has 3 N–H and O–H groups in total. The van der Waals surface area contributed by atoms with E-state index in [2.05, 4.69) is 4.72 Å². The summed E-state index contributed by atoms with van der Waals surface area (Å²) in [4.78, 5) is 0.118. The van der Waals surface area contributed by atoms with Gasteiger partial charge in [-0.25, -0.2) is 8.42 Å². The number of thiocarbonyl (C=S) groups is 1. The Balaban J connectivity index is 3.15. The minimum atomic E-state index is -3.43. The van der Waals surface area contributed by atoms with Gasteiger partial charge >= 0.3 is 0 Å². The average Bonchev–Trinajstić information content (AvgIpc) is 2.36. The lowest BCUT2D eigenvalue weighted by molar-refractivity contribution is 0.417. The summed E-state index contributed by atoms with van der Waals surface area (Å²) in [6.07, 6.45) is 1.39. The lowest BCUT2D eigenvalue weighted by atomic mass is 10.1. The second-order valence-electron chi connectivity index (χ2n) is 4.02. The first-order valence-electron chi connectivity index (χ1n) is 5.88. The maximum absolute atomic E-state index is 12.0. The molecule has 0 fully saturated rings. The molecule has 7 heteroatoms. The minimum Gasteiger partial charge on any atom is -0.495 e. The van der Waals surface area contributed by atoms with Crippen molar-refractivity contribution in [3.63, 3.8) is 0 Å². The van der Waals surface area contributed by atoms with E-state index in [1.807, 2.05) is 6.92 Å². The fourth-order valence-corrected chi connectivity index (χ4v) is 3.02. The van der Waals surface area contributed by atoms with E-state index in [4.69, 9.17) is 22.7 Å². The molecule has 106 valence electrons. The summed E-state index contributed by atoms with van der Waals surface area (Å²) in [5, 5.41) is 0. The van der Waals surface area contributed by atoms with Gasteiger partial charge in [0.05, 0.1) is 12.9 Å². The summed E-state index contributed by atoms with van der Waals surface area (Å²) < 4.78 is 31.5. The van der Waals surface area contributed by atoms with Crippen LogP contribution in [0.5, 0.6) is 5.75 Å². The molecule has 1 aromatic rings. The van der Waals surface area contributed by atoms with Gasteiger partial charge in [-0.1, -0.05) is 31.6 Å². The third kappa shape index (κ3) is 4.36. The van der Waals surface area contributed by atoms with Crippen LogP contribution in [-0.2, 0) is 10.0 Å². The molecule has 5 nitrogen and oxygen atoms in total. The predicted octanol–water partition coefficient (Wildman–Crippen LogP) is 1.87. The molecule has 0 saturated carbocycles. The highest BCUT2D eigenvalue weighted by molar-refractivity contribution is 7.92. The maximum atomic E-state index is 12.0. The Hall–Kier alpha value is -1.34. The Kier molecular flexibility index (Phi) is 5.56. The van der Waals surface area contributed by atoms with Crippen molar-refractivity contribution in [2.75, 3.05) is 17.6 Å². The summed E-state index contributed by atoms with van der Waals surface area (Å²) in [6.45, 7) is 1.93. The Morgan fingerprint density at radius 1 is 1.47 bits per heavy atom. The van der Waals surface area contributed by atoms with Crippen molar-refractivity contribution in [1.29, 1.82) is 0 Å². The number of methoxy groups -OCH3 is 1. The van der Waals surface area contributed by atoms with Crippen LogP contribution in [-0.4, -0.2) is 26.3 Å². The number of unbranched alkanes of at least 4 members (excludes halogenated alkanes) is 1. The standard InChI is InChI=1S/C12H18N2O3S2/c1-3-4-8-19(15,16)14-11-9(12(13)18)6-5-7-10(11)17-2/h5-7,14H,3-4,8H2,1-2H3,(H2,13,18). The Bertz CT molecular complexity index is 556. The first-order chi connectivity index (χ1) is 8.91. The van der Waals surface area contributed by atoms with Crippen molar-refractivity contribution in [3.05, 3.63) is 23.8 Å². The maximum Gasteiger partial charge on any atom is 0.232 e. The minimum absolute atomic E-state index is 0.0539. The molecule has 0 aromatic heterocycles. The van der Waals surface area contributed by atoms with Gasteiger partial charge in [-0.15, -0.1) is 0 Å². The van der Waals surface area contributed by atoms with Gasteiger partial charge in [-0.3, -0.25) is 4.72 Å². The Labute approximate surface area is 119 Å². The highest BCUT2D eigenvalue weighted by atomic mass is 32.2. The number of rotatable bonds is 7. The first-order valence-corrected chi connectivity index (χ1v) is 7.94. The van der Waals surface area contributed by atoms with Gasteiger partial charge in [-0.2, -0.15) is 0 Å². The third-order valence-electron chi connectivity index (χ3n) is 2.54. The van der Waals surface area contributed by atoms with Crippen LogP contribution in [0.3, 0.4) is 0 Å². The van der Waals surface area contributed by atoms with Crippen molar-refractivity contribution in [2.45, 2.75) is 19.8 Å². The van der Waals surface area contributed by atoms with Crippen LogP contribution in [0.15, 0.2) is 18.2 Å². The van der Waals surface area contributed by atoms with E-state index in [1.54, 1.807) is 18.2 Å². The largest absolute Gasteiger partial charge is 0.495 e. The SMILES string of the molecule is CCCCS(=O)(=O)Nc1c(OC)cccc1C(N)=S. The molecular formula is C12H18N2O3S2. The van der Waals surface area contributed by atoms with Crippen LogP contribution in [0.1, 0.15) is 25.3 Å². The monoisotopic (exact) mass is 302 g/mol. The van der Waals surface area contributed by atoms with E-state index >= 15 is 0 Å². The molecule has 0 heterocycles. The quantitative estimate of drug-likeness (QED) is 0.752. The highest BCUT2D eigenvalue weighted by Gasteiger charge is 2.17. The van der Waals surface area contributed by atoms with E-state index in [0.717, 1.165) is 6.42 Å². The molecule has 1 aromatic carbocycles. The van der Waals surface area contributed by atoms with Crippen LogP contribution in [0, 0.1) is 0 Å². The van der Waals surface area contributed by atoms with E-state index in [1.165, 1.54) is 7.11 Å². The van der Waals surface area contributed by atoms with Crippen molar-refractivity contribution in [3.8, 4) is 5.75 Å². The average molecular weight is 302 g/mol. The van der Waals surface area contributed by atoms with Gasteiger partial charge in [0, 0.05) is 5.56 Å². The summed E-state index contributed by atoms with van der Waals surface area (Å²) in [5.41, 5.74) is 6.35. The number of hydrogen-bond donors (Lipinski definition) is 2. The van der Waals surface area contributed by atoms with Gasteiger partial charge in [0.1, 0.15) is 16.4 Å². The second kappa shape index (κ2) is 6.72. The molecule has 0 aliphatic heterocycles. The zero-order chi connectivity index (χ0) is 14.5. The van der Waals surface area contributed by atoms with Gasteiger partial charge < -0.3 is 10.5 Å². The summed E-state index contributed by atoms with van der Waals surface area (Å²) >= 11 is 4.92. The molecule has 0 amide bonds. The molecular weight excluding hydrogens is 284 g/mol. The molecule has 1 rings (SSSR count). The van der Waals surface area contributed by atoms with Crippen molar-refractivity contribution >= 4 is 32.9 Å². The Morgan fingerprint density at radius 3 is 2.68 bits per heavy atom. The first kappa shape index (κ1) is 15.7. The van der Waals surface area contributed by atoms with Crippen molar-refractivity contribution in [2.24, 2.45) is 5.73 Å². The summed E-state index contributed by atoms with van der Waals surface area (Å²) in [7, 11) is -1.97. The van der Waals surface area contributed by atoms with Crippen molar-refractivity contribution < 1.29 is 13.2 Å². The molecule has 0 radical (unpaired) electrons. The number of anilines is 1. The van der Waals surface area contributed by atoms with E-state index in [9.17, 15) is 8.42 Å². The van der Waals surface area contributed by atoms with Crippen LogP contribution < -0.4 is 15.2 Å². The highest BCUT2D eigenvalue weighted by Crippen LogP contribution is 2.29. The number of ether oxygens (including phenoxy) is 1. The van der Waals surface area contributed by atoms with Crippen molar-refractivity contribution in [1.82, 2.24) is 0 Å². The zero-order valence-corrected chi connectivity index (χ0v) is 12.6. The molecule has 0 aliphatic rings. The summed E-state index contributed by atoms with van der Waals surface area (Å²) in [6, 6.07) is 5.01. The molecule has 0 atom stereocenters. The molecule has 0 bridgehead atoms. The third-order valence-corrected chi connectivity index (χ3v) is 4.10. The number of sulfonamides is 1. The molecule has 0 saturated heterocycles. The normalized spacial score (nSPS) is 11.1. The smallest absolute Gasteiger partial charge is 0.232 e. The van der Waals surface area contributed by atoms with Crippen LogP contribution in [0.25, 0.3) is 0 Å². The lowest BCUT2D eigenvalue weighted by Crippen LogP contribution is -2.20. The zero-order valence-electron chi connectivity index (χ0n) is 11.0.